The fourth-order valence-electron chi connectivity index (χ4n) is 3.45. The van der Waals surface area contributed by atoms with Crippen LogP contribution in [0.5, 0.6) is 0 Å². The van der Waals surface area contributed by atoms with Gasteiger partial charge in [0, 0.05) is 6.10 Å². The third-order valence-corrected chi connectivity index (χ3v) is 10.2. The molecule has 0 aliphatic carbocycles. The highest BCUT2D eigenvalue weighted by molar-refractivity contribution is 6.73. The molecule has 0 fully saturated rings. The van der Waals surface area contributed by atoms with Crippen molar-refractivity contribution < 1.29 is 19.1 Å². The predicted octanol–water partition coefficient (Wildman–Crippen LogP) is 4.57. The maximum Gasteiger partial charge on any atom is 0.192 e. The Morgan fingerprint density at radius 2 is 1.65 bits per heavy atom. The summed E-state index contributed by atoms with van der Waals surface area (Å²) in [5, 5.41) is 10.6. The van der Waals surface area contributed by atoms with Gasteiger partial charge in [0.05, 0.1) is 12.7 Å². The average Bonchev–Trinajstić information content (AvgIpc) is 2.67. The molecule has 0 amide bonds. The first kappa shape index (κ1) is 23.0. The van der Waals surface area contributed by atoms with Crippen molar-refractivity contribution in [3.05, 3.63) is 35.9 Å². The van der Waals surface area contributed by atoms with E-state index in [1.807, 2.05) is 37.3 Å². The van der Waals surface area contributed by atoms with Crippen LogP contribution < -0.4 is 0 Å². The van der Waals surface area contributed by atoms with Gasteiger partial charge in [-0.25, -0.2) is 0 Å². The molecule has 1 N–H and O–H groups in total. The molecule has 26 heavy (non-hydrogen) atoms. The van der Waals surface area contributed by atoms with E-state index in [1.165, 1.54) is 0 Å². The van der Waals surface area contributed by atoms with Gasteiger partial charge in [-0.15, -0.1) is 0 Å². The third-order valence-electron chi connectivity index (χ3n) is 5.43. The standard InChI is InChI=1S/C21H36O4Si/c1-6-26(7-2,8-3)25-18(5)14-17(4)21(23)20(15-22)24-16-19-12-10-9-11-13-19/h9-13,15,17-18,20-21,23H,6-8,14,16H2,1-5H3/t17-,18-,20-,21+/m1/s1. The van der Waals surface area contributed by atoms with Gasteiger partial charge in [0.1, 0.15) is 6.10 Å². The van der Waals surface area contributed by atoms with E-state index < -0.39 is 20.5 Å². The minimum absolute atomic E-state index is 0.0757. The van der Waals surface area contributed by atoms with Crippen LogP contribution in [0.25, 0.3) is 0 Å². The molecular formula is C21H36O4Si. The van der Waals surface area contributed by atoms with Crippen molar-refractivity contribution in [2.75, 3.05) is 0 Å². The first-order chi connectivity index (χ1) is 12.4. The SMILES string of the molecule is CC[Si](CC)(CC)O[C@H](C)C[C@@H](C)[C@H](O)[C@@H](C=O)OCc1ccccc1. The lowest BCUT2D eigenvalue weighted by molar-refractivity contribution is -0.130. The molecule has 0 unspecified atom stereocenters. The summed E-state index contributed by atoms with van der Waals surface area (Å²) < 4.78 is 12.1. The summed E-state index contributed by atoms with van der Waals surface area (Å²) in [6, 6.07) is 13.0. The van der Waals surface area contributed by atoms with Crippen LogP contribution in [0, 0.1) is 5.92 Å². The number of aliphatic hydroxyl groups is 1. The van der Waals surface area contributed by atoms with Gasteiger partial charge in [-0.2, -0.15) is 0 Å². The van der Waals surface area contributed by atoms with Crippen LogP contribution in [0.4, 0.5) is 0 Å². The van der Waals surface area contributed by atoms with Crippen LogP contribution in [-0.4, -0.2) is 38.0 Å². The van der Waals surface area contributed by atoms with Crippen molar-refractivity contribution in [1.29, 1.82) is 0 Å². The maximum atomic E-state index is 11.4. The second-order valence-electron chi connectivity index (χ2n) is 7.27. The third kappa shape index (κ3) is 6.95. The number of hydrogen-bond acceptors (Lipinski definition) is 4. The summed E-state index contributed by atoms with van der Waals surface area (Å²) in [6.07, 6.45) is -0.146. The van der Waals surface area contributed by atoms with Crippen LogP contribution in [-0.2, 0) is 20.6 Å². The smallest absolute Gasteiger partial charge is 0.192 e. The number of aldehydes is 1. The van der Waals surface area contributed by atoms with Crippen molar-refractivity contribution in [2.45, 2.75) is 84.1 Å². The Morgan fingerprint density at radius 3 is 2.15 bits per heavy atom. The number of aliphatic hydroxyl groups excluding tert-OH is 1. The number of rotatable bonds is 13. The Hall–Kier alpha value is -1.01. The Labute approximate surface area is 160 Å². The van der Waals surface area contributed by atoms with Crippen LogP contribution in [0.1, 0.15) is 46.6 Å². The molecule has 1 aromatic rings. The number of benzene rings is 1. The van der Waals surface area contributed by atoms with Gasteiger partial charge in [-0.05, 0) is 43.0 Å². The van der Waals surface area contributed by atoms with E-state index in [2.05, 4.69) is 27.7 Å². The van der Waals surface area contributed by atoms with Crippen molar-refractivity contribution in [2.24, 2.45) is 5.92 Å². The van der Waals surface area contributed by atoms with E-state index >= 15 is 0 Å². The first-order valence-corrected chi connectivity index (χ1v) is 12.4. The average molecular weight is 381 g/mol. The molecule has 1 rings (SSSR count). The van der Waals surface area contributed by atoms with E-state index in [0.717, 1.165) is 30.1 Å². The largest absolute Gasteiger partial charge is 0.414 e. The first-order valence-electron chi connectivity index (χ1n) is 9.88. The van der Waals surface area contributed by atoms with Gasteiger partial charge in [0.25, 0.3) is 0 Å². The summed E-state index contributed by atoms with van der Waals surface area (Å²) in [4.78, 5) is 11.4. The summed E-state index contributed by atoms with van der Waals surface area (Å²) >= 11 is 0. The molecule has 1 aromatic carbocycles. The Kier molecular flexibility index (Phi) is 10.3. The summed E-state index contributed by atoms with van der Waals surface area (Å²) in [6.45, 7) is 11.0. The lowest BCUT2D eigenvalue weighted by Gasteiger charge is -2.34. The lowest BCUT2D eigenvalue weighted by Crippen LogP contribution is -2.41. The van der Waals surface area contributed by atoms with E-state index in [4.69, 9.17) is 9.16 Å². The Bertz CT molecular complexity index is 496. The van der Waals surface area contributed by atoms with Gasteiger partial charge in [0.15, 0.2) is 14.6 Å². The van der Waals surface area contributed by atoms with E-state index in [-0.39, 0.29) is 12.0 Å². The predicted molar refractivity (Wildman–Crippen MR) is 109 cm³/mol. The zero-order valence-electron chi connectivity index (χ0n) is 17.0. The Balaban J connectivity index is 2.57. The van der Waals surface area contributed by atoms with Crippen LogP contribution >= 0.6 is 0 Å². The minimum atomic E-state index is -1.66. The van der Waals surface area contributed by atoms with Crippen molar-refractivity contribution in [1.82, 2.24) is 0 Å². The molecule has 0 saturated heterocycles. The zero-order valence-corrected chi connectivity index (χ0v) is 18.0. The lowest BCUT2D eigenvalue weighted by atomic mass is 9.94. The number of hydrogen-bond donors (Lipinski definition) is 1. The molecule has 0 aliphatic rings. The molecule has 0 aromatic heterocycles. The van der Waals surface area contributed by atoms with Crippen molar-refractivity contribution in [3.63, 3.8) is 0 Å². The maximum absolute atomic E-state index is 11.4. The second-order valence-corrected chi connectivity index (χ2v) is 12.0. The number of ether oxygens (including phenoxy) is 1. The van der Waals surface area contributed by atoms with Crippen molar-refractivity contribution in [3.8, 4) is 0 Å². The highest BCUT2D eigenvalue weighted by Crippen LogP contribution is 2.26. The van der Waals surface area contributed by atoms with Crippen LogP contribution in [0.15, 0.2) is 30.3 Å². The number of carbonyl (C=O) groups is 1. The molecule has 4 atom stereocenters. The van der Waals surface area contributed by atoms with Crippen molar-refractivity contribution >= 4 is 14.6 Å². The van der Waals surface area contributed by atoms with Gasteiger partial charge in [0.2, 0.25) is 0 Å². The van der Waals surface area contributed by atoms with Crippen LogP contribution in [0.3, 0.4) is 0 Å². The second kappa shape index (κ2) is 11.6. The van der Waals surface area contributed by atoms with Gasteiger partial charge in [-0.3, -0.25) is 0 Å². The number of carbonyl (C=O) groups excluding carboxylic acids is 1. The molecule has 4 nitrogen and oxygen atoms in total. The van der Waals surface area contributed by atoms with Gasteiger partial charge >= 0.3 is 0 Å². The topological polar surface area (TPSA) is 55.8 Å². The minimum Gasteiger partial charge on any atom is -0.414 e. The normalized spacial score (nSPS) is 16.7. The molecular weight excluding hydrogens is 344 g/mol. The summed E-state index contributed by atoms with van der Waals surface area (Å²) in [7, 11) is -1.66. The molecule has 0 aliphatic heterocycles. The molecule has 0 saturated carbocycles. The summed E-state index contributed by atoms with van der Waals surface area (Å²) in [5.74, 6) is -0.0757. The monoisotopic (exact) mass is 380 g/mol. The van der Waals surface area contributed by atoms with Gasteiger partial charge < -0.3 is 19.1 Å². The fourth-order valence-corrected chi connectivity index (χ4v) is 6.40. The van der Waals surface area contributed by atoms with Crippen LogP contribution in [0.2, 0.25) is 18.1 Å². The summed E-state index contributed by atoms with van der Waals surface area (Å²) in [5.41, 5.74) is 0.987. The zero-order chi connectivity index (χ0) is 19.6. The molecule has 148 valence electrons. The van der Waals surface area contributed by atoms with Gasteiger partial charge in [-0.1, -0.05) is 58.0 Å². The molecule has 0 spiro atoms. The molecule has 0 radical (unpaired) electrons. The van der Waals surface area contributed by atoms with E-state index in [1.54, 1.807) is 0 Å². The molecule has 5 heteroatoms. The van der Waals surface area contributed by atoms with E-state index in [9.17, 15) is 9.90 Å². The highest BCUT2D eigenvalue weighted by atomic mass is 28.4. The highest BCUT2D eigenvalue weighted by Gasteiger charge is 2.33. The van der Waals surface area contributed by atoms with E-state index in [0.29, 0.717) is 12.9 Å². The fraction of sp³-hybridized carbons (Fsp3) is 0.667. The quantitative estimate of drug-likeness (QED) is 0.402. The molecule has 0 heterocycles. The molecule has 0 bridgehead atoms. The Morgan fingerprint density at radius 1 is 1.08 bits per heavy atom.